The minimum atomic E-state index is 0.146. The first-order valence-electron chi connectivity index (χ1n) is 7.57. The molecule has 1 N–H and O–H groups in total. The van der Waals surface area contributed by atoms with Crippen molar-refractivity contribution in [2.75, 3.05) is 13.1 Å². The molecule has 2 aromatic rings. The zero-order chi connectivity index (χ0) is 14.7. The van der Waals surface area contributed by atoms with Gasteiger partial charge in [-0.25, -0.2) is 0 Å². The highest BCUT2D eigenvalue weighted by Gasteiger charge is 2.33. The Kier molecular flexibility index (Phi) is 4.04. The van der Waals surface area contributed by atoms with Crippen molar-refractivity contribution >= 4 is 0 Å². The summed E-state index contributed by atoms with van der Waals surface area (Å²) in [5, 5.41) is 3.67. The van der Waals surface area contributed by atoms with Crippen LogP contribution in [0.25, 0.3) is 0 Å². The SMILES string of the molecule is CC1(C)CN(Cc2cccnc2)C(c2ccccc2)CN1. The Bertz CT molecular complexity index is 566. The molecule has 21 heavy (non-hydrogen) atoms. The highest BCUT2D eigenvalue weighted by molar-refractivity contribution is 5.21. The second kappa shape index (κ2) is 5.96. The second-order valence-electron chi connectivity index (χ2n) is 6.46. The van der Waals surface area contributed by atoms with Crippen LogP contribution < -0.4 is 5.32 Å². The molecule has 3 heteroatoms. The van der Waals surface area contributed by atoms with Crippen LogP contribution in [0.15, 0.2) is 54.9 Å². The van der Waals surface area contributed by atoms with E-state index in [0.29, 0.717) is 6.04 Å². The van der Waals surface area contributed by atoms with Crippen molar-refractivity contribution in [3.05, 3.63) is 66.0 Å². The predicted molar refractivity (Wildman–Crippen MR) is 85.9 cm³/mol. The smallest absolute Gasteiger partial charge is 0.0477 e. The standard InChI is InChI=1S/C18H23N3/c1-18(2)14-21(13-15-7-6-10-19-11-15)17(12-20-18)16-8-4-3-5-9-16/h3-11,17,20H,12-14H2,1-2H3. The monoisotopic (exact) mass is 281 g/mol. The van der Waals surface area contributed by atoms with E-state index in [4.69, 9.17) is 0 Å². The van der Waals surface area contributed by atoms with Gasteiger partial charge in [-0.2, -0.15) is 0 Å². The molecule has 0 saturated carbocycles. The van der Waals surface area contributed by atoms with Gasteiger partial charge in [0.25, 0.3) is 0 Å². The summed E-state index contributed by atoms with van der Waals surface area (Å²) in [6.45, 7) is 7.49. The summed E-state index contributed by atoms with van der Waals surface area (Å²) >= 11 is 0. The van der Waals surface area contributed by atoms with Crippen LogP contribution in [0.5, 0.6) is 0 Å². The predicted octanol–water partition coefficient (Wildman–Crippen LogP) is 3.01. The lowest BCUT2D eigenvalue weighted by Crippen LogP contribution is -2.57. The van der Waals surface area contributed by atoms with Crippen molar-refractivity contribution in [2.24, 2.45) is 0 Å². The summed E-state index contributed by atoms with van der Waals surface area (Å²) in [6.07, 6.45) is 3.80. The third-order valence-corrected chi connectivity index (χ3v) is 4.11. The molecule has 0 amide bonds. The van der Waals surface area contributed by atoms with E-state index >= 15 is 0 Å². The maximum atomic E-state index is 4.24. The zero-order valence-corrected chi connectivity index (χ0v) is 12.8. The van der Waals surface area contributed by atoms with E-state index in [0.717, 1.165) is 19.6 Å². The molecule has 1 aromatic heterocycles. The molecule has 2 heterocycles. The third-order valence-electron chi connectivity index (χ3n) is 4.11. The van der Waals surface area contributed by atoms with Crippen LogP contribution in [0.2, 0.25) is 0 Å². The molecule has 1 saturated heterocycles. The van der Waals surface area contributed by atoms with E-state index in [9.17, 15) is 0 Å². The molecule has 0 radical (unpaired) electrons. The Labute approximate surface area is 127 Å². The highest BCUT2D eigenvalue weighted by Crippen LogP contribution is 2.28. The van der Waals surface area contributed by atoms with Crippen LogP contribution in [-0.2, 0) is 6.54 Å². The molecule has 0 aliphatic carbocycles. The number of benzene rings is 1. The van der Waals surface area contributed by atoms with Crippen molar-refractivity contribution in [1.82, 2.24) is 15.2 Å². The molecule has 3 rings (SSSR count). The van der Waals surface area contributed by atoms with Crippen LogP contribution in [0.4, 0.5) is 0 Å². The molecule has 1 aromatic carbocycles. The fourth-order valence-electron chi connectivity index (χ4n) is 3.07. The number of hydrogen-bond donors (Lipinski definition) is 1. The number of aromatic nitrogens is 1. The number of nitrogens with one attached hydrogen (secondary N) is 1. The van der Waals surface area contributed by atoms with Crippen molar-refractivity contribution in [3.8, 4) is 0 Å². The van der Waals surface area contributed by atoms with E-state index in [1.165, 1.54) is 11.1 Å². The number of piperazine rings is 1. The molecule has 110 valence electrons. The summed E-state index contributed by atoms with van der Waals surface area (Å²) in [4.78, 5) is 6.80. The van der Waals surface area contributed by atoms with E-state index in [1.54, 1.807) is 0 Å². The van der Waals surface area contributed by atoms with Gasteiger partial charge in [0.05, 0.1) is 0 Å². The molecule has 1 aliphatic rings. The van der Waals surface area contributed by atoms with Crippen LogP contribution in [0.1, 0.15) is 31.0 Å². The molecule has 1 aliphatic heterocycles. The van der Waals surface area contributed by atoms with E-state index < -0.39 is 0 Å². The largest absolute Gasteiger partial charge is 0.309 e. The molecule has 1 atom stereocenters. The number of hydrogen-bond acceptors (Lipinski definition) is 3. The average molecular weight is 281 g/mol. The number of rotatable bonds is 3. The van der Waals surface area contributed by atoms with Crippen LogP contribution >= 0.6 is 0 Å². The highest BCUT2D eigenvalue weighted by atomic mass is 15.2. The van der Waals surface area contributed by atoms with Gasteiger partial charge in [0, 0.05) is 43.6 Å². The summed E-state index contributed by atoms with van der Waals surface area (Å²) in [5.41, 5.74) is 2.80. The Balaban J connectivity index is 1.84. The molecular weight excluding hydrogens is 258 g/mol. The Morgan fingerprint density at radius 1 is 1.19 bits per heavy atom. The van der Waals surface area contributed by atoms with Gasteiger partial charge in [-0.05, 0) is 31.0 Å². The molecule has 1 fully saturated rings. The van der Waals surface area contributed by atoms with E-state index in [1.807, 2.05) is 18.5 Å². The maximum Gasteiger partial charge on any atom is 0.0477 e. The van der Waals surface area contributed by atoms with Gasteiger partial charge in [-0.3, -0.25) is 9.88 Å². The van der Waals surface area contributed by atoms with Crippen LogP contribution in [0, 0.1) is 0 Å². The van der Waals surface area contributed by atoms with Crippen molar-refractivity contribution in [1.29, 1.82) is 0 Å². The van der Waals surface area contributed by atoms with E-state index in [2.05, 4.69) is 65.4 Å². The lowest BCUT2D eigenvalue weighted by molar-refractivity contribution is 0.0879. The first kappa shape index (κ1) is 14.2. The summed E-state index contributed by atoms with van der Waals surface area (Å²) in [7, 11) is 0. The molecule has 1 unspecified atom stereocenters. The molecule has 3 nitrogen and oxygen atoms in total. The minimum absolute atomic E-state index is 0.146. The topological polar surface area (TPSA) is 28.2 Å². The normalized spacial score (nSPS) is 22.1. The first-order chi connectivity index (χ1) is 10.1. The van der Waals surface area contributed by atoms with Gasteiger partial charge < -0.3 is 5.32 Å². The lowest BCUT2D eigenvalue weighted by Gasteiger charge is -2.45. The van der Waals surface area contributed by atoms with Crippen LogP contribution in [-0.4, -0.2) is 28.5 Å². The maximum absolute atomic E-state index is 4.24. The van der Waals surface area contributed by atoms with Gasteiger partial charge >= 0.3 is 0 Å². The summed E-state index contributed by atoms with van der Waals surface area (Å²) < 4.78 is 0. The van der Waals surface area contributed by atoms with Gasteiger partial charge in [0.2, 0.25) is 0 Å². The average Bonchev–Trinajstić information content (AvgIpc) is 2.48. The summed E-state index contributed by atoms with van der Waals surface area (Å²) in [5.74, 6) is 0. The lowest BCUT2D eigenvalue weighted by atomic mass is 9.94. The van der Waals surface area contributed by atoms with Gasteiger partial charge in [0.1, 0.15) is 0 Å². The fourth-order valence-corrected chi connectivity index (χ4v) is 3.07. The first-order valence-corrected chi connectivity index (χ1v) is 7.57. The molecular formula is C18H23N3. The van der Waals surface area contributed by atoms with Crippen molar-refractivity contribution in [3.63, 3.8) is 0 Å². The van der Waals surface area contributed by atoms with Crippen LogP contribution in [0.3, 0.4) is 0 Å². The minimum Gasteiger partial charge on any atom is -0.309 e. The Hall–Kier alpha value is -1.71. The van der Waals surface area contributed by atoms with Crippen molar-refractivity contribution in [2.45, 2.75) is 32.0 Å². The van der Waals surface area contributed by atoms with Gasteiger partial charge in [-0.1, -0.05) is 36.4 Å². The van der Waals surface area contributed by atoms with Crippen molar-refractivity contribution < 1.29 is 0 Å². The number of pyridine rings is 1. The molecule has 0 spiro atoms. The van der Waals surface area contributed by atoms with E-state index in [-0.39, 0.29) is 5.54 Å². The Morgan fingerprint density at radius 2 is 2.00 bits per heavy atom. The molecule has 0 bridgehead atoms. The Morgan fingerprint density at radius 3 is 2.71 bits per heavy atom. The van der Waals surface area contributed by atoms with Gasteiger partial charge in [0.15, 0.2) is 0 Å². The number of nitrogens with zero attached hydrogens (tertiary/aromatic N) is 2. The quantitative estimate of drug-likeness (QED) is 0.937. The van der Waals surface area contributed by atoms with Gasteiger partial charge in [-0.15, -0.1) is 0 Å². The summed E-state index contributed by atoms with van der Waals surface area (Å²) in [6, 6.07) is 15.4. The zero-order valence-electron chi connectivity index (χ0n) is 12.8. The second-order valence-corrected chi connectivity index (χ2v) is 6.46. The fraction of sp³-hybridized carbons (Fsp3) is 0.389. The third kappa shape index (κ3) is 3.49.